The highest BCUT2D eigenvalue weighted by Crippen LogP contribution is 2.33. The van der Waals surface area contributed by atoms with Crippen LogP contribution in [0, 0.1) is 6.92 Å². The van der Waals surface area contributed by atoms with E-state index in [0.29, 0.717) is 5.25 Å². The van der Waals surface area contributed by atoms with Gasteiger partial charge in [-0.3, -0.25) is 0 Å². The standard InChI is InChI=1S/C12H16OS2/c1-9-3-2-4-10(7-9)12(13)11-8-14-5-6-15-11/h2-4,7,11-13H,5-6,8H2,1H3. The van der Waals surface area contributed by atoms with Gasteiger partial charge in [-0.05, 0) is 12.5 Å². The molecule has 1 aromatic carbocycles. The van der Waals surface area contributed by atoms with Crippen LogP contribution in [0.4, 0.5) is 0 Å². The highest BCUT2D eigenvalue weighted by atomic mass is 32.2. The lowest BCUT2D eigenvalue weighted by Gasteiger charge is -2.26. The molecule has 1 nitrogen and oxygen atoms in total. The number of thioether (sulfide) groups is 2. The Morgan fingerprint density at radius 3 is 2.93 bits per heavy atom. The Labute approximate surface area is 99.7 Å². The van der Waals surface area contributed by atoms with E-state index in [9.17, 15) is 5.11 Å². The van der Waals surface area contributed by atoms with Gasteiger partial charge in [0, 0.05) is 22.5 Å². The summed E-state index contributed by atoms with van der Waals surface area (Å²) < 4.78 is 0. The molecular weight excluding hydrogens is 224 g/mol. The van der Waals surface area contributed by atoms with E-state index >= 15 is 0 Å². The minimum atomic E-state index is -0.303. The Balaban J connectivity index is 2.08. The minimum absolute atomic E-state index is 0.303. The second kappa shape index (κ2) is 5.28. The lowest BCUT2D eigenvalue weighted by atomic mass is 10.0. The smallest absolute Gasteiger partial charge is 0.0916 e. The molecule has 1 fully saturated rings. The monoisotopic (exact) mass is 240 g/mol. The van der Waals surface area contributed by atoms with Crippen LogP contribution in [0.2, 0.25) is 0 Å². The first-order chi connectivity index (χ1) is 7.27. The van der Waals surface area contributed by atoms with E-state index in [4.69, 9.17) is 0 Å². The second-order valence-electron chi connectivity index (χ2n) is 3.84. The van der Waals surface area contributed by atoms with Gasteiger partial charge in [0.25, 0.3) is 0 Å². The SMILES string of the molecule is Cc1cccc(C(O)C2CSCCS2)c1. The van der Waals surface area contributed by atoms with Crippen LogP contribution in [0.15, 0.2) is 24.3 Å². The average molecular weight is 240 g/mol. The Morgan fingerprint density at radius 1 is 1.40 bits per heavy atom. The Hall–Kier alpha value is -0.120. The fourth-order valence-electron chi connectivity index (χ4n) is 1.76. The summed E-state index contributed by atoms with van der Waals surface area (Å²) in [6.07, 6.45) is -0.303. The van der Waals surface area contributed by atoms with Crippen LogP contribution in [-0.2, 0) is 0 Å². The van der Waals surface area contributed by atoms with Crippen LogP contribution in [0.1, 0.15) is 17.2 Å². The van der Waals surface area contributed by atoms with Crippen LogP contribution in [0.25, 0.3) is 0 Å². The lowest BCUT2D eigenvalue weighted by molar-refractivity contribution is 0.180. The summed E-state index contributed by atoms with van der Waals surface area (Å²) in [4.78, 5) is 0. The number of benzene rings is 1. The molecule has 2 unspecified atom stereocenters. The first-order valence-corrected chi connectivity index (χ1v) is 7.42. The van der Waals surface area contributed by atoms with Gasteiger partial charge in [0.2, 0.25) is 0 Å². The van der Waals surface area contributed by atoms with Crippen molar-refractivity contribution in [2.75, 3.05) is 17.3 Å². The van der Waals surface area contributed by atoms with Gasteiger partial charge in [-0.2, -0.15) is 23.5 Å². The molecule has 2 rings (SSSR count). The average Bonchev–Trinajstić information content (AvgIpc) is 2.29. The van der Waals surface area contributed by atoms with Gasteiger partial charge in [-0.25, -0.2) is 0 Å². The Bertz CT molecular complexity index is 321. The Morgan fingerprint density at radius 2 is 2.27 bits per heavy atom. The van der Waals surface area contributed by atoms with Gasteiger partial charge in [-0.1, -0.05) is 29.8 Å². The third-order valence-corrected chi connectivity index (χ3v) is 5.43. The highest BCUT2D eigenvalue weighted by molar-refractivity contribution is 8.06. The molecule has 15 heavy (non-hydrogen) atoms. The van der Waals surface area contributed by atoms with Gasteiger partial charge in [-0.15, -0.1) is 0 Å². The van der Waals surface area contributed by atoms with Crippen molar-refractivity contribution in [1.82, 2.24) is 0 Å². The number of rotatable bonds is 2. The summed E-state index contributed by atoms with van der Waals surface area (Å²) in [5, 5.41) is 10.6. The largest absolute Gasteiger partial charge is 0.387 e. The van der Waals surface area contributed by atoms with E-state index < -0.39 is 0 Å². The van der Waals surface area contributed by atoms with Crippen LogP contribution < -0.4 is 0 Å². The molecule has 1 aromatic rings. The summed E-state index contributed by atoms with van der Waals surface area (Å²) in [6.45, 7) is 2.07. The van der Waals surface area contributed by atoms with Crippen molar-refractivity contribution < 1.29 is 5.11 Å². The van der Waals surface area contributed by atoms with E-state index in [0.717, 1.165) is 17.1 Å². The van der Waals surface area contributed by atoms with Crippen molar-refractivity contribution in [2.45, 2.75) is 18.3 Å². The third kappa shape index (κ3) is 2.92. The van der Waals surface area contributed by atoms with E-state index in [-0.39, 0.29) is 6.10 Å². The molecule has 0 radical (unpaired) electrons. The van der Waals surface area contributed by atoms with Crippen LogP contribution in [0.3, 0.4) is 0 Å². The maximum atomic E-state index is 10.2. The quantitative estimate of drug-likeness (QED) is 0.858. The number of aliphatic hydroxyl groups excluding tert-OH is 1. The molecule has 0 aromatic heterocycles. The molecule has 82 valence electrons. The van der Waals surface area contributed by atoms with E-state index in [2.05, 4.69) is 19.1 Å². The van der Waals surface area contributed by atoms with E-state index in [1.54, 1.807) is 0 Å². The summed E-state index contributed by atoms with van der Waals surface area (Å²) in [5.74, 6) is 3.46. The first kappa shape index (κ1) is 11.4. The van der Waals surface area contributed by atoms with Crippen LogP contribution in [-0.4, -0.2) is 27.6 Å². The van der Waals surface area contributed by atoms with E-state index in [1.807, 2.05) is 35.7 Å². The Kier molecular flexibility index (Phi) is 4.00. The second-order valence-corrected chi connectivity index (χ2v) is 6.34. The first-order valence-electron chi connectivity index (χ1n) is 5.21. The van der Waals surface area contributed by atoms with Crippen molar-refractivity contribution in [3.63, 3.8) is 0 Å². The molecule has 0 bridgehead atoms. The zero-order valence-corrected chi connectivity index (χ0v) is 10.5. The fraction of sp³-hybridized carbons (Fsp3) is 0.500. The van der Waals surface area contributed by atoms with Crippen molar-refractivity contribution in [3.8, 4) is 0 Å². The van der Waals surface area contributed by atoms with Crippen molar-refractivity contribution in [1.29, 1.82) is 0 Å². The topological polar surface area (TPSA) is 20.2 Å². The zero-order valence-electron chi connectivity index (χ0n) is 8.85. The molecule has 1 saturated heterocycles. The van der Waals surface area contributed by atoms with Crippen molar-refractivity contribution >= 4 is 23.5 Å². The fourth-order valence-corrected chi connectivity index (χ4v) is 4.51. The van der Waals surface area contributed by atoms with Crippen LogP contribution in [0.5, 0.6) is 0 Å². The van der Waals surface area contributed by atoms with Gasteiger partial charge >= 0.3 is 0 Å². The molecule has 1 N–H and O–H groups in total. The molecule has 0 spiro atoms. The van der Waals surface area contributed by atoms with Gasteiger partial charge in [0.05, 0.1) is 6.10 Å². The maximum Gasteiger partial charge on any atom is 0.0916 e. The zero-order chi connectivity index (χ0) is 10.7. The predicted molar refractivity (Wildman–Crippen MR) is 69.7 cm³/mol. The van der Waals surface area contributed by atoms with Gasteiger partial charge in [0.1, 0.15) is 0 Å². The number of aliphatic hydroxyl groups is 1. The number of aryl methyl sites for hydroxylation is 1. The van der Waals surface area contributed by atoms with Gasteiger partial charge in [0.15, 0.2) is 0 Å². The molecule has 0 saturated carbocycles. The normalized spacial score (nSPS) is 23.7. The predicted octanol–water partition coefficient (Wildman–Crippen LogP) is 2.88. The summed E-state index contributed by atoms with van der Waals surface area (Å²) in [7, 11) is 0. The summed E-state index contributed by atoms with van der Waals surface area (Å²) >= 11 is 3.85. The summed E-state index contributed by atoms with van der Waals surface area (Å²) in [6, 6.07) is 8.20. The molecule has 1 heterocycles. The molecule has 1 aliphatic rings. The molecule has 0 aliphatic carbocycles. The van der Waals surface area contributed by atoms with Crippen LogP contribution >= 0.6 is 23.5 Å². The third-order valence-electron chi connectivity index (χ3n) is 2.58. The molecular formula is C12H16OS2. The molecule has 0 amide bonds. The van der Waals surface area contributed by atoms with E-state index in [1.165, 1.54) is 11.3 Å². The number of hydrogen-bond acceptors (Lipinski definition) is 3. The van der Waals surface area contributed by atoms with Crippen molar-refractivity contribution in [3.05, 3.63) is 35.4 Å². The highest BCUT2D eigenvalue weighted by Gasteiger charge is 2.23. The van der Waals surface area contributed by atoms with Crippen molar-refractivity contribution in [2.24, 2.45) is 0 Å². The molecule has 3 heteroatoms. The molecule has 2 atom stereocenters. The molecule has 1 aliphatic heterocycles. The maximum absolute atomic E-state index is 10.2. The summed E-state index contributed by atoms with van der Waals surface area (Å²) in [5.41, 5.74) is 2.29. The minimum Gasteiger partial charge on any atom is -0.387 e. The number of hydrogen-bond donors (Lipinski definition) is 1. The lowest BCUT2D eigenvalue weighted by Crippen LogP contribution is -2.22. The van der Waals surface area contributed by atoms with Gasteiger partial charge < -0.3 is 5.11 Å².